The van der Waals surface area contributed by atoms with Crippen LogP contribution in [0, 0.1) is 0 Å². The summed E-state index contributed by atoms with van der Waals surface area (Å²) < 4.78 is 4.12. The zero-order chi connectivity index (χ0) is 4.28. The second-order valence-corrected chi connectivity index (χ2v) is 1.05. The van der Waals surface area contributed by atoms with Crippen molar-refractivity contribution in [1.82, 2.24) is 0 Å². The Balaban J connectivity index is 2.85. The second-order valence-electron chi connectivity index (χ2n) is 0.575. The van der Waals surface area contributed by atoms with E-state index in [1.54, 1.807) is 0 Å². The minimum absolute atomic E-state index is 0.241. The van der Waals surface area contributed by atoms with Crippen LogP contribution in [0.1, 0.15) is 6.92 Å². The fourth-order valence-electron chi connectivity index (χ4n) is 0. The third kappa shape index (κ3) is 4.26. The summed E-state index contributed by atoms with van der Waals surface area (Å²) in [4.78, 5) is 9.59. The van der Waals surface area contributed by atoms with Crippen molar-refractivity contribution in [3.05, 3.63) is 0 Å². The van der Waals surface area contributed by atoms with Crippen molar-refractivity contribution >= 4 is 28.7 Å². The Morgan fingerprint density at radius 3 is 2.20 bits per heavy atom. The SMILES string of the molecule is CC(=O)O[Te]. The average Bonchev–Trinajstić information content (AvgIpc) is 1.38. The molecule has 0 aliphatic heterocycles. The van der Waals surface area contributed by atoms with Crippen LogP contribution in [0.4, 0.5) is 0 Å². The summed E-state index contributed by atoms with van der Waals surface area (Å²) in [5.41, 5.74) is 0. The van der Waals surface area contributed by atoms with Crippen LogP contribution >= 0.6 is 0 Å². The molecule has 0 aromatic carbocycles. The van der Waals surface area contributed by atoms with Gasteiger partial charge in [-0.25, -0.2) is 0 Å². The molecule has 0 bridgehead atoms. The van der Waals surface area contributed by atoms with E-state index < -0.39 is 0 Å². The van der Waals surface area contributed by atoms with Crippen molar-refractivity contribution in [2.45, 2.75) is 6.92 Å². The molecule has 0 amide bonds. The fourth-order valence-corrected chi connectivity index (χ4v) is 0. The summed E-state index contributed by atoms with van der Waals surface area (Å²) in [6, 6.07) is 0. The van der Waals surface area contributed by atoms with Crippen LogP contribution in [0.15, 0.2) is 0 Å². The molecule has 1 radical (unpaired) electrons. The Hall–Kier alpha value is 0.260. The predicted octanol–water partition coefficient (Wildman–Crippen LogP) is -0.367. The second kappa shape index (κ2) is 2.49. The maximum absolute atomic E-state index is 9.59. The molecule has 0 aromatic heterocycles. The summed E-state index contributed by atoms with van der Waals surface area (Å²) in [6.07, 6.45) is 0. The van der Waals surface area contributed by atoms with Gasteiger partial charge in [0.2, 0.25) is 0 Å². The maximum atomic E-state index is 9.59. The van der Waals surface area contributed by atoms with Gasteiger partial charge in [0.25, 0.3) is 0 Å². The topological polar surface area (TPSA) is 26.3 Å². The van der Waals surface area contributed by atoms with Crippen LogP contribution in [-0.4, -0.2) is 28.7 Å². The van der Waals surface area contributed by atoms with Gasteiger partial charge in [-0.2, -0.15) is 0 Å². The molecule has 3 heteroatoms. The van der Waals surface area contributed by atoms with Crippen LogP contribution in [-0.2, 0) is 7.90 Å². The van der Waals surface area contributed by atoms with E-state index in [0.29, 0.717) is 0 Å². The van der Waals surface area contributed by atoms with Crippen molar-refractivity contribution < 1.29 is 7.90 Å². The standard InChI is InChI=1S/C2H3O2Te/c1-2(3)4-5/h1H3. The zero-order valence-corrected chi connectivity index (χ0v) is 5.06. The fraction of sp³-hybridized carbons (Fsp3) is 0.500. The van der Waals surface area contributed by atoms with Gasteiger partial charge in [0.15, 0.2) is 0 Å². The Morgan fingerprint density at radius 2 is 2.20 bits per heavy atom. The van der Waals surface area contributed by atoms with E-state index in [2.05, 4.69) is 3.10 Å². The molecule has 0 saturated carbocycles. The molecular formula is C2H3O2Te. The molecule has 0 fully saturated rings. The Labute approximate surface area is 43.9 Å². The zero-order valence-electron chi connectivity index (χ0n) is 2.72. The Kier molecular flexibility index (Phi) is 2.62. The van der Waals surface area contributed by atoms with Gasteiger partial charge in [-0.1, -0.05) is 0 Å². The van der Waals surface area contributed by atoms with Gasteiger partial charge in [-0.3, -0.25) is 0 Å². The Morgan fingerprint density at radius 1 is 2.00 bits per heavy atom. The molecule has 0 unspecified atom stereocenters. The molecule has 0 aromatic rings. The number of rotatable bonds is 0. The normalized spacial score (nSPS) is 6.80. The quantitative estimate of drug-likeness (QED) is 0.483. The summed E-state index contributed by atoms with van der Waals surface area (Å²) in [7, 11) is 0. The van der Waals surface area contributed by atoms with Crippen LogP contribution < -0.4 is 0 Å². The van der Waals surface area contributed by atoms with Crippen molar-refractivity contribution in [3.8, 4) is 0 Å². The number of carbonyl (C=O) groups excluding carboxylic acids is 1. The molecule has 0 N–H and O–H groups in total. The van der Waals surface area contributed by atoms with Gasteiger partial charge >= 0.3 is 43.5 Å². The van der Waals surface area contributed by atoms with Crippen LogP contribution in [0.2, 0.25) is 0 Å². The van der Waals surface area contributed by atoms with E-state index in [1.807, 2.05) is 0 Å². The molecule has 0 heterocycles. The minimum atomic E-state index is -0.241. The third-order valence-electron chi connectivity index (χ3n) is 0.117. The molecule has 0 atom stereocenters. The molecule has 0 saturated heterocycles. The monoisotopic (exact) mass is 189 g/mol. The number of hydrogen-bond donors (Lipinski definition) is 0. The van der Waals surface area contributed by atoms with Gasteiger partial charge in [-0.15, -0.1) is 0 Å². The first kappa shape index (κ1) is 5.26. The van der Waals surface area contributed by atoms with Gasteiger partial charge in [0.05, 0.1) is 0 Å². The van der Waals surface area contributed by atoms with Crippen molar-refractivity contribution in [2.24, 2.45) is 0 Å². The molecule has 5 heavy (non-hydrogen) atoms. The predicted molar refractivity (Wildman–Crippen MR) is 17.5 cm³/mol. The summed E-state index contributed by atoms with van der Waals surface area (Å²) in [5, 5.41) is 0. The number of carbonyl (C=O) groups is 1. The van der Waals surface area contributed by atoms with Gasteiger partial charge < -0.3 is 0 Å². The van der Waals surface area contributed by atoms with Crippen molar-refractivity contribution in [2.75, 3.05) is 0 Å². The summed E-state index contributed by atoms with van der Waals surface area (Å²) in [5.74, 6) is -0.241. The van der Waals surface area contributed by atoms with Gasteiger partial charge in [0.1, 0.15) is 0 Å². The molecule has 0 aliphatic carbocycles. The van der Waals surface area contributed by atoms with Crippen molar-refractivity contribution in [3.63, 3.8) is 0 Å². The van der Waals surface area contributed by atoms with Crippen molar-refractivity contribution in [1.29, 1.82) is 0 Å². The van der Waals surface area contributed by atoms with E-state index >= 15 is 0 Å². The van der Waals surface area contributed by atoms with Gasteiger partial charge in [-0.05, 0) is 0 Å². The van der Waals surface area contributed by atoms with E-state index in [0.717, 1.165) is 0 Å². The van der Waals surface area contributed by atoms with E-state index in [4.69, 9.17) is 0 Å². The summed E-state index contributed by atoms with van der Waals surface area (Å²) in [6.45, 7) is 1.36. The first-order valence-corrected chi connectivity index (χ1v) is 2.03. The molecule has 0 spiro atoms. The van der Waals surface area contributed by atoms with Crippen LogP contribution in [0.25, 0.3) is 0 Å². The third-order valence-corrected chi connectivity index (χ3v) is 0.787. The molecule has 0 rings (SSSR count). The molecule has 29 valence electrons. The number of hydrogen-bond acceptors (Lipinski definition) is 2. The Bertz CT molecular complexity index is 42.9. The first-order chi connectivity index (χ1) is 2.27. The molecule has 0 aliphatic rings. The summed E-state index contributed by atoms with van der Waals surface area (Å²) >= 11 is 1.29. The van der Waals surface area contributed by atoms with Crippen LogP contribution in [0.5, 0.6) is 0 Å². The van der Waals surface area contributed by atoms with Gasteiger partial charge in [0, 0.05) is 0 Å². The van der Waals surface area contributed by atoms with Crippen LogP contribution in [0.3, 0.4) is 0 Å². The molecular weight excluding hydrogens is 184 g/mol. The average molecular weight is 187 g/mol. The van der Waals surface area contributed by atoms with E-state index in [9.17, 15) is 4.79 Å². The molecule has 2 nitrogen and oxygen atoms in total. The first-order valence-electron chi connectivity index (χ1n) is 1.07. The van der Waals surface area contributed by atoms with E-state index in [1.165, 1.54) is 29.6 Å². The van der Waals surface area contributed by atoms with E-state index in [-0.39, 0.29) is 5.97 Å².